The summed E-state index contributed by atoms with van der Waals surface area (Å²) in [7, 11) is 0. The van der Waals surface area contributed by atoms with Gasteiger partial charge in [0.05, 0.1) is 0 Å². The molecule has 0 spiro atoms. The third kappa shape index (κ3) is 4.82. The van der Waals surface area contributed by atoms with E-state index in [9.17, 15) is 0 Å². The van der Waals surface area contributed by atoms with E-state index < -0.39 is 23.9 Å². The zero-order chi connectivity index (χ0) is 30.8. The van der Waals surface area contributed by atoms with E-state index in [1.54, 1.807) is 21.5 Å². The maximum atomic E-state index is 2.68. The Labute approximate surface area is 275 Å². The van der Waals surface area contributed by atoms with Gasteiger partial charge in [0.25, 0.3) is 0 Å². The van der Waals surface area contributed by atoms with Gasteiger partial charge in [0.1, 0.15) is 0 Å². The summed E-state index contributed by atoms with van der Waals surface area (Å²) in [6.45, 7) is 0. The summed E-state index contributed by atoms with van der Waals surface area (Å²) < 4.78 is 3.08. The standard InChI is InChI=1S/C12H11Si.2C9H7.2C7H7.Zr/c1-3-7-11(8-4-1)13-12-9-5-2-6-10-12;2*1-2-5-9-7-3-6-8(9)4-1;2*1-7-5-3-2-4-6-7;/h1-10,13H;2*1-7H;2*2-6H,1H2;. The van der Waals surface area contributed by atoms with Gasteiger partial charge >= 0.3 is 277 Å². The second-order valence-electron chi connectivity index (χ2n) is 13.5. The van der Waals surface area contributed by atoms with Crippen molar-refractivity contribution in [2.45, 2.75) is 15.5 Å². The molecule has 0 aliphatic heterocycles. The minimum absolute atomic E-state index is 0.385. The van der Waals surface area contributed by atoms with Crippen LogP contribution in [0.4, 0.5) is 0 Å². The predicted molar refractivity (Wildman–Crippen MR) is 196 cm³/mol. The van der Waals surface area contributed by atoms with Crippen molar-refractivity contribution >= 4 is 28.4 Å². The van der Waals surface area contributed by atoms with Gasteiger partial charge < -0.3 is 0 Å². The quantitative estimate of drug-likeness (QED) is 0.133. The van der Waals surface area contributed by atoms with Gasteiger partial charge in [0.2, 0.25) is 0 Å². The average Bonchev–Trinajstić information content (AvgIpc) is 3.77. The number of benzene rings is 6. The van der Waals surface area contributed by atoms with E-state index in [4.69, 9.17) is 0 Å². The second kappa shape index (κ2) is 12.3. The van der Waals surface area contributed by atoms with Crippen LogP contribution in [0.25, 0.3) is 12.2 Å². The first-order valence-electron chi connectivity index (χ1n) is 16.6. The summed E-state index contributed by atoms with van der Waals surface area (Å²) >= 11 is -4.64. The molecule has 0 amide bonds. The van der Waals surface area contributed by atoms with Gasteiger partial charge in [-0.15, -0.1) is 0 Å². The van der Waals surface area contributed by atoms with Crippen LogP contribution in [0.5, 0.6) is 0 Å². The molecule has 0 radical (unpaired) electrons. The average molecular weight is 687 g/mol. The molecule has 2 aliphatic rings. The fourth-order valence-corrected chi connectivity index (χ4v) is 61.6. The van der Waals surface area contributed by atoms with Crippen LogP contribution in [0.2, 0.25) is 0 Å². The molecule has 0 N–H and O–H groups in total. The van der Waals surface area contributed by atoms with E-state index >= 15 is 0 Å². The summed E-state index contributed by atoms with van der Waals surface area (Å²) in [4.78, 5) is 0. The van der Waals surface area contributed by atoms with Crippen molar-refractivity contribution in [1.82, 2.24) is 0 Å². The summed E-state index contributed by atoms with van der Waals surface area (Å²) in [5, 5.41) is 3.17. The third-order valence-corrected chi connectivity index (χ3v) is 53.8. The third-order valence-electron chi connectivity index (χ3n) is 11.2. The van der Waals surface area contributed by atoms with Crippen molar-refractivity contribution in [3.63, 3.8) is 0 Å². The Morgan fingerprint density at radius 1 is 0.391 bits per heavy atom. The number of hydrogen-bond donors (Lipinski definition) is 0. The van der Waals surface area contributed by atoms with E-state index in [-0.39, 0.29) is 0 Å². The van der Waals surface area contributed by atoms with Crippen LogP contribution >= 0.6 is 0 Å². The zero-order valence-electron chi connectivity index (χ0n) is 26.1. The normalized spacial score (nSPS) is 17.4. The maximum absolute atomic E-state index is 4.64. The van der Waals surface area contributed by atoms with Crippen molar-refractivity contribution in [3.05, 3.63) is 215 Å². The summed E-state index contributed by atoms with van der Waals surface area (Å²) in [5.41, 5.74) is 8.87. The van der Waals surface area contributed by atoms with Gasteiger partial charge in [-0.25, -0.2) is 0 Å². The molecule has 0 aromatic heterocycles. The monoisotopic (exact) mass is 685 g/mol. The summed E-state index contributed by atoms with van der Waals surface area (Å²) in [6.07, 6.45) is 10.3. The van der Waals surface area contributed by atoms with Crippen molar-refractivity contribution in [1.29, 1.82) is 0 Å². The van der Waals surface area contributed by atoms with Gasteiger partial charge in [-0.05, 0) is 0 Å². The Balaban J connectivity index is 1.59. The molecule has 6 aromatic rings. The molecule has 2 heteroatoms. The molecule has 46 heavy (non-hydrogen) atoms. The SMILES string of the molecule is C1=C[CH]([Zr]([CH2]c2ccccc2)([CH2]c2ccccc2)([CH]2C=Cc3ccccc32)[SiH](c2ccccc2)c2ccccc2)c2ccccc21. The topological polar surface area (TPSA) is 0 Å². The first-order chi connectivity index (χ1) is 22.8. The number of fused-ring (bicyclic) bond motifs is 2. The summed E-state index contributed by atoms with van der Waals surface area (Å²) in [6, 6.07) is 65.3. The Bertz CT molecular complexity index is 1870. The molecule has 223 valence electrons. The second-order valence-corrected chi connectivity index (χ2v) is 43.2. The molecule has 0 saturated heterocycles. The van der Waals surface area contributed by atoms with Crippen LogP contribution in [0.3, 0.4) is 0 Å². The van der Waals surface area contributed by atoms with Gasteiger partial charge in [0, 0.05) is 0 Å². The molecule has 0 fully saturated rings. The molecule has 2 unspecified atom stereocenters. The molecule has 6 aromatic carbocycles. The van der Waals surface area contributed by atoms with Gasteiger partial charge in [0.15, 0.2) is 0 Å². The van der Waals surface area contributed by atoms with Crippen LogP contribution in [0.1, 0.15) is 40.6 Å². The van der Waals surface area contributed by atoms with Crippen LogP contribution in [-0.4, -0.2) is 5.92 Å². The molecule has 0 saturated carbocycles. The van der Waals surface area contributed by atoms with E-state index in [1.165, 1.54) is 22.3 Å². The molecule has 0 heterocycles. The van der Waals surface area contributed by atoms with Crippen molar-refractivity contribution in [2.75, 3.05) is 0 Å². The fraction of sp³-hybridized carbons (Fsp3) is 0.0909. The molecular weight excluding hydrogens is 648 g/mol. The molecule has 0 bridgehead atoms. The van der Waals surface area contributed by atoms with Crippen molar-refractivity contribution in [2.24, 2.45) is 0 Å². The Morgan fingerprint density at radius 2 is 0.739 bits per heavy atom. The van der Waals surface area contributed by atoms with Crippen LogP contribution in [-0.2, 0) is 26.2 Å². The number of hydrogen-bond acceptors (Lipinski definition) is 0. The van der Waals surface area contributed by atoms with Crippen molar-refractivity contribution < 1.29 is 17.9 Å². The molecule has 8 rings (SSSR count). The number of allylic oxidation sites excluding steroid dienone is 2. The van der Waals surface area contributed by atoms with Gasteiger partial charge in [-0.3, -0.25) is 0 Å². The zero-order valence-corrected chi connectivity index (χ0v) is 29.7. The van der Waals surface area contributed by atoms with E-state index in [0.29, 0.717) is 7.25 Å². The van der Waals surface area contributed by atoms with E-state index in [0.717, 1.165) is 8.26 Å². The Kier molecular flexibility index (Phi) is 7.81. The molecule has 2 aliphatic carbocycles. The summed E-state index contributed by atoms with van der Waals surface area (Å²) in [5.74, 6) is -1.99. The first kappa shape index (κ1) is 29.3. The van der Waals surface area contributed by atoms with E-state index in [2.05, 4.69) is 194 Å². The van der Waals surface area contributed by atoms with Gasteiger partial charge in [-0.1, -0.05) is 0 Å². The van der Waals surface area contributed by atoms with Crippen LogP contribution in [0.15, 0.2) is 182 Å². The fourth-order valence-electron chi connectivity index (χ4n) is 9.58. The number of rotatable bonds is 9. The molecule has 2 atom stereocenters. The van der Waals surface area contributed by atoms with Crippen LogP contribution < -0.4 is 10.4 Å². The van der Waals surface area contributed by atoms with Crippen molar-refractivity contribution in [3.8, 4) is 0 Å². The molecule has 0 nitrogen and oxygen atoms in total. The molecular formula is C44H39SiZr. The van der Waals surface area contributed by atoms with E-state index in [1.807, 2.05) is 0 Å². The first-order valence-corrected chi connectivity index (χ1v) is 28.9. The minimum atomic E-state index is -4.64. The Morgan fingerprint density at radius 3 is 1.15 bits per heavy atom. The van der Waals surface area contributed by atoms with Crippen LogP contribution in [0, 0.1) is 0 Å². The Hall–Kier alpha value is -4.10. The predicted octanol–water partition coefficient (Wildman–Crippen LogP) is 9.15. The van der Waals surface area contributed by atoms with Gasteiger partial charge in [-0.2, -0.15) is 0 Å².